The Morgan fingerprint density at radius 1 is 0.909 bits per heavy atom. The van der Waals surface area contributed by atoms with E-state index >= 15 is 0 Å². The van der Waals surface area contributed by atoms with Crippen molar-refractivity contribution in [2.75, 3.05) is 7.11 Å². The van der Waals surface area contributed by atoms with Crippen LogP contribution in [-0.2, 0) is 4.74 Å². The van der Waals surface area contributed by atoms with Gasteiger partial charge in [-0.15, -0.1) is 0 Å². The second-order valence-electron chi connectivity index (χ2n) is 5.72. The van der Waals surface area contributed by atoms with Gasteiger partial charge < -0.3 is 4.74 Å². The summed E-state index contributed by atoms with van der Waals surface area (Å²) < 4.78 is 5.71. The van der Waals surface area contributed by atoms with Crippen LogP contribution in [0.2, 0.25) is 0 Å². The minimum atomic E-state index is -0.503. The van der Waals surface area contributed by atoms with Crippen LogP contribution >= 0.6 is 7.92 Å². The second kappa shape index (κ2) is 6.60. The number of benzene rings is 2. The Kier molecular flexibility index (Phi) is 4.57. The first-order valence-corrected chi connectivity index (χ1v) is 8.90. The number of ether oxygens (including phenoxy) is 1. The maximum Gasteiger partial charge on any atom is 0.0874 e. The van der Waals surface area contributed by atoms with Crippen molar-refractivity contribution in [1.82, 2.24) is 0 Å². The Hall–Kier alpha value is -1.69. The average molecular weight is 308 g/mol. The van der Waals surface area contributed by atoms with Crippen molar-refractivity contribution in [3.63, 3.8) is 0 Å². The van der Waals surface area contributed by atoms with Crippen LogP contribution in [0.5, 0.6) is 0 Å². The Morgan fingerprint density at radius 2 is 1.45 bits per heavy atom. The van der Waals surface area contributed by atoms with Gasteiger partial charge in [0, 0.05) is 13.5 Å². The van der Waals surface area contributed by atoms with E-state index in [4.69, 9.17) is 4.74 Å². The molecular formula is C20H21OP. The van der Waals surface area contributed by atoms with Gasteiger partial charge in [-0.25, -0.2) is 0 Å². The average Bonchev–Trinajstić information content (AvgIpc) is 2.57. The smallest absolute Gasteiger partial charge is 0.0874 e. The first kappa shape index (κ1) is 15.2. The van der Waals surface area contributed by atoms with Crippen molar-refractivity contribution in [2.45, 2.75) is 18.9 Å². The molecule has 22 heavy (non-hydrogen) atoms. The maximum atomic E-state index is 5.71. The Labute approximate surface area is 134 Å². The van der Waals surface area contributed by atoms with E-state index < -0.39 is 7.92 Å². The SMILES string of the molecule is COC1(C)C=CC=C(P(c2ccccc2)c2ccccc2)C1. The molecular weight excluding hydrogens is 287 g/mol. The Morgan fingerprint density at radius 3 is 1.95 bits per heavy atom. The molecule has 1 aliphatic rings. The van der Waals surface area contributed by atoms with E-state index in [0.29, 0.717) is 0 Å². The van der Waals surface area contributed by atoms with E-state index in [-0.39, 0.29) is 5.60 Å². The highest BCUT2D eigenvalue weighted by atomic mass is 31.1. The number of methoxy groups -OCH3 is 1. The summed E-state index contributed by atoms with van der Waals surface area (Å²) in [5, 5.41) is 4.24. The van der Waals surface area contributed by atoms with Crippen LogP contribution in [0.1, 0.15) is 13.3 Å². The second-order valence-corrected chi connectivity index (χ2v) is 8.00. The molecule has 2 heteroatoms. The standard InChI is InChI=1S/C20H21OP/c1-20(21-2)15-9-14-19(16-20)22(17-10-5-3-6-11-17)18-12-7-4-8-13-18/h3-15H,16H2,1-2H3. The van der Waals surface area contributed by atoms with Gasteiger partial charge in [-0.1, -0.05) is 78.9 Å². The molecule has 0 fully saturated rings. The monoisotopic (exact) mass is 308 g/mol. The highest BCUT2D eigenvalue weighted by molar-refractivity contribution is 7.76. The van der Waals surface area contributed by atoms with Gasteiger partial charge in [0.1, 0.15) is 0 Å². The fourth-order valence-corrected chi connectivity index (χ4v) is 5.38. The number of hydrogen-bond donors (Lipinski definition) is 0. The third-order valence-electron chi connectivity index (χ3n) is 4.05. The van der Waals surface area contributed by atoms with E-state index in [2.05, 4.69) is 85.8 Å². The molecule has 1 aliphatic carbocycles. The largest absolute Gasteiger partial charge is 0.374 e. The highest BCUT2D eigenvalue weighted by Crippen LogP contribution is 2.48. The molecule has 0 saturated heterocycles. The van der Waals surface area contributed by atoms with Crippen LogP contribution in [-0.4, -0.2) is 12.7 Å². The fourth-order valence-electron chi connectivity index (χ4n) is 2.77. The molecule has 0 heterocycles. The molecule has 0 bridgehead atoms. The van der Waals surface area contributed by atoms with E-state index in [1.165, 1.54) is 15.9 Å². The Balaban J connectivity index is 2.04. The number of allylic oxidation sites excluding steroid dienone is 2. The molecule has 0 spiro atoms. The summed E-state index contributed by atoms with van der Waals surface area (Å²) in [7, 11) is 1.29. The van der Waals surface area contributed by atoms with Gasteiger partial charge in [-0.05, 0) is 30.8 Å². The lowest BCUT2D eigenvalue weighted by Gasteiger charge is -2.32. The Bertz CT molecular complexity index is 636. The molecule has 3 rings (SSSR count). The summed E-state index contributed by atoms with van der Waals surface area (Å²) in [6.07, 6.45) is 7.51. The zero-order chi connectivity index (χ0) is 15.4. The van der Waals surface area contributed by atoms with Gasteiger partial charge in [0.05, 0.1) is 5.60 Å². The van der Waals surface area contributed by atoms with Gasteiger partial charge in [0.25, 0.3) is 0 Å². The predicted octanol–water partition coefficient (Wildman–Crippen LogP) is 4.37. The minimum Gasteiger partial charge on any atom is -0.374 e. The van der Waals surface area contributed by atoms with E-state index in [0.717, 1.165) is 6.42 Å². The lowest BCUT2D eigenvalue weighted by Crippen LogP contribution is -2.28. The lowest BCUT2D eigenvalue weighted by atomic mass is 9.97. The maximum absolute atomic E-state index is 5.71. The topological polar surface area (TPSA) is 9.23 Å². The van der Waals surface area contributed by atoms with Gasteiger partial charge in [0.2, 0.25) is 0 Å². The quantitative estimate of drug-likeness (QED) is 0.762. The molecule has 2 aromatic carbocycles. The fraction of sp³-hybridized carbons (Fsp3) is 0.200. The van der Waals surface area contributed by atoms with E-state index in [1.54, 1.807) is 7.11 Å². The molecule has 0 saturated carbocycles. The molecule has 0 amide bonds. The highest BCUT2D eigenvalue weighted by Gasteiger charge is 2.29. The minimum absolute atomic E-state index is 0.200. The van der Waals surface area contributed by atoms with Crippen LogP contribution in [0.15, 0.2) is 84.2 Å². The summed E-state index contributed by atoms with van der Waals surface area (Å²) in [6.45, 7) is 2.15. The third-order valence-corrected chi connectivity index (χ3v) is 6.56. The van der Waals surface area contributed by atoms with Gasteiger partial charge in [-0.2, -0.15) is 0 Å². The zero-order valence-electron chi connectivity index (χ0n) is 13.1. The van der Waals surface area contributed by atoms with Crippen molar-refractivity contribution in [3.8, 4) is 0 Å². The molecule has 0 aliphatic heterocycles. The molecule has 112 valence electrons. The summed E-state index contributed by atoms with van der Waals surface area (Å²) in [5.41, 5.74) is -0.200. The molecule has 1 unspecified atom stereocenters. The number of rotatable bonds is 4. The first-order valence-electron chi connectivity index (χ1n) is 7.56. The van der Waals surface area contributed by atoms with E-state index in [1.807, 2.05) is 0 Å². The van der Waals surface area contributed by atoms with E-state index in [9.17, 15) is 0 Å². The molecule has 2 aromatic rings. The van der Waals surface area contributed by atoms with Crippen LogP contribution < -0.4 is 10.6 Å². The summed E-state index contributed by atoms with van der Waals surface area (Å²) >= 11 is 0. The summed E-state index contributed by atoms with van der Waals surface area (Å²) in [4.78, 5) is 0. The normalized spacial score (nSPS) is 21.0. The van der Waals surface area contributed by atoms with Crippen LogP contribution in [0.25, 0.3) is 0 Å². The molecule has 0 aromatic heterocycles. The van der Waals surface area contributed by atoms with Crippen molar-refractivity contribution < 1.29 is 4.74 Å². The predicted molar refractivity (Wildman–Crippen MR) is 96.3 cm³/mol. The zero-order valence-corrected chi connectivity index (χ0v) is 14.0. The first-order chi connectivity index (χ1) is 10.7. The number of hydrogen-bond acceptors (Lipinski definition) is 1. The van der Waals surface area contributed by atoms with Gasteiger partial charge >= 0.3 is 0 Å². The third kappa shape index (κ3) is 3.21. The summed E-state index contributed by atoms with van der Waals surface area (Å²) in [6, 6.07) is 21.6. The van der Waals surface area contributed by atoms with Crippen molar-refractivity contribution in [3.05, 3.63) is 84.2 Å². The lowest BCUT2D eigenvalue weighted by molar-refractivity contribution is 0.0497. The van der Waals surface area contributed by atoms with Crippen molar-refractivity contribution >= 4 is 18.5 Å². The molecule has 1 atom stereocenters. The molecule has 1 nitrogen and oxygen atoms in total. The van der Waals surface area contributed by atoms with Crippen LogP contribution in [0, 0.1) is 0 Å². The van der Waals surface area contributed by atoms with Gasteiger partial charge in [0.15, 0.2) is 0 Å². The van der Waals surface area contributed by atoms with Gasteiger partial charge in [-0.3, -0.25) is 0 Å². The summed E-state index contributed by atoms with van der Waals surface area (Å²) in [5.74, 6) is 0. The molecule has 0 radical (unpaired) electrons. The van der Waals surface area contributed by atoms with Crippen molar-refractivity contribution in [2.24, 2.45) is 0 Å². The molecule has 0 N–H and O–H groups in total. The van der Waals surface area contributed by atoms with Crippen LogP contribution in [0.3, 0.4) is 0 Å². The van der Waals surface area contributed by atoms with Crippen molar-refractivity contribution in [1.29, 1.82) is 0 Å². The van der Waals surface area contributed by atoms with Crippen LogP contribution in [0.4, 0.5) is 0 Å².